The summed E-state index contributed by atoms with van der Waals surface area (Å²) in [5.74, 6) is 3.92. The van der Waals surface area contributed by atoms with Crippen molar-refractivity contribution in [3.63, 3.8) is 0 Å². The van der Waals surface area contributed by atoms with Crippen LogP contribution in [0.2, 0.25) is 0 Å². The van der Waals surface area contributed by atoms with Crippen molar-refractivity contribution in [3.05, 3.63) is 127 Å². The van der Waals surface area contributed by atoms with E-state index in [1.54, 1.807) is 0 Å². The van der Waals surface area contributed by atoms with Crippen molar-refractivity contribution in [2.24, 2.45) is 0 Å². The molecule has 0 spiro atoms. The molecular weight excluding hydrogens is 426 g/mol. The molecule has 0 aliphatic carbocycles. The van der Waals surface area contributed by atoms with Gasteiger partial charge in [0.15, 0.2) is 0 Å². The maximum absolute atomic E-state index is 6.44. The SMILES string of the molecule is S=P([C]P(=S)(c1ccccc1)c1ccccc1)(c1ccccc1)c1ccccc1. The minimum atomic E-state index is -2.35. The highest BCUT2D eigenvalue weighted by atomic mass is 32.5. The van der Waals surface area contributed by atoms with Crippen LogP contribution in [0.1, 0.15) is 0 Å². The van der Waals surface area contributed by atoms with Gasteiger partial charge in [-0.15, -0.1) is 0 Å². The van der Waals surface area contributed by atoms with Gasteiger partial charge in [0.2, 0.25) is 0 Å². The summed E-state index contributed by atoms with van der Waals surface area (Å²) in [7, 11) is 0. The van der Waals surface area contributed by atoms with Crippen LogP contribution in [0, 0.1) is 5.90 Å². The van der Waals surface area contributed by atoms with Crippen LogP contribution in [0.15, 0.2) is 121 Å². The second-order valence-corrected chi connectivity index (χ2v) is 15.2. The van der Waals surface area contributed by atoms with Crippen molar-refractivity contribution >= 4 is 56.9 Å². The Morgan fingerprint density at radius 3 is 0.793 bits per heavy atom. The highest BCUT2D eigenvalue weighted by Gasteiger charge is 2.34. The summed E-state index contributed by atoms with van der Waals surface area (Å²) in [5, 5.41) is 4.51. The minimum absolute atomic E-state index is 1.13. The van der Waals surface area contributed by atoms with E-state index in [0.717, 1.165) is 21.2 Å². The van der Waals surface area contributed by atoms with Crippen molar-refractivity contribution in [1.82, 2.24) is 0 Å². The fourth-order valence-electron chi connectivity index (χ4n) is 3.28. The van der Waals surface area contributed by atoms with Gasteiger partial charge in [0.05, 0.1) is 5.90 Å². The van der Waals surface area contributed by atoms with Crippen LogP contribution in [0.4, 0.5) is 0 Å². The number of benzene rings is 4. The molecule has 0 fully saturated rings. The first kappa shape index (κ1) is 20.5. The average Bonchev–Trinajstić information content (AvgIpc) is 2.81. The Balaban J connectivity index is 1.93. The van der Waals surface area contributed by atoms with Gasteiger partial charge in [0.25, 0.3) is 0 Å². The topological polar surface area (TPSA) is 0 Å². The second-order valence-electron chi connectivity index (χ2n) is 6.66. The van der Waals surface area contributed by atoms with E-state index in [9.17, 15) is 0 Å². The molecule has 0 aliphatic rings. The summed E-state index contributed by atoms with van der Waals surface area (Å²) in [4.78, 5) is 0. The van der Waals surface area contributed by atoms with Gasteiger partial charge in [0, 0.05) is 12.1 Å². The molecule has 4 heteroatoms. The van der Waals surface area contributed by atoms with E-state index >= 15 is 0 Å². The maximum atomic E-state index is 6.44. The summed E-state index contributed by atoms with van der Waals surface area (Å²) >= 11 is 12.9. The lowest BCUT2D eigenvalue weighted by Gasteiger charge is -2.31. The van der Waals surface area contributed by atoms with Gasteiger partial charge in [-0.25, -0.2) is 0 Å². The monoisotopic (exact) mass is 446 g/mol. The lowest BCUT2D eigenvalue weighted by atomic mass is 10.4. The van der Waals surface area contributed by atoms with Crippen molar-refractivity contribution in [3.8, 4) is 0 Å². The number of hydrogen-bond donors (Lipinski definition) is 0. The van der Waals surface area contributed by atoms with Crippen molar-refractivity contribution < 1.29 is 0 Å². The van der Waals surface area contributed by atoms with E-state index in [4.69, 9.17) is 23.6 Å². The Morgan fingerprint density at radius 2 is 0.586 bits per heavy atom. The second kappa shape index (κ2) is 8.90. The number of hydrogen-bond acceptors (Lipinski definition) is 2. The minimum Gasteiger partial charge on any atom is -0.0865 e. The Bertz CT molecular complexity index is 977. The van der Waals surface area contributed by atoms with Crippen molar-refractivity contribution in [2.45, 2.75) is 0 Å². The van der Waals surface area contributed by atoms with Gasteiger partial charge >= 0.3 is 0 Å². The first-order chi connectivity index (χ1) is 14.1. The summed E-state index contributed by atoms with van der Waals surface area (Å²) < 4.78 is 0. The molecule has 2 radical (unpaired) electrons. The average molecular weight is 447 g/mol. The molecule has 0 heterocycles. The molecule has 0 amide bonds. The zero-order chi connectivity index (χ0) is 20.2. The molecule has 4 rings (SSSR count). The first-order valence-electron chi connectivity index (χ1n) is 9.35. The fraction of sp³-hybridized carbons (Fsp3) is 0. The molecule has 29 heavy (non-hydrogen) atoms. The molecule has 4 aromatic rings. The Kier molecular flexibility index (Phi) is 6.28. The van der Waals surface area contributed by atoms with E-state index in [-0.39, 0.29) is 0 Å². The van der Waals surface area contributed by atoms with E-state index < -0.39 is 12.1 Å². The normalized spacial score (nSPS) is 11.9. The molecular formula is C25H20P2S2. The van der Waals surface area contributed by atoms with Crippen LogP contribution in [-0.4, -0.2) is 0 Å². The third-order valence-corrected chi connectivity index (χ3v) is 15.1. The van der Waals surface area contributed by atoms with Crippen LogP contribution < -0.4 is 21.2 Å². The van der Waals surface area contributed by atoms with Gasteiger partial charge in [0.1, 0.15) is 0 Å². The predicted octanol–water partition coefficient (Wildman–Crippen LogP) is 5.24. The van der Waals surface area contributed by atoms with Gasteiger partial charge in [-0.1, -0.05) is 145 Å². The first-order valence-corrected chi connectivity index (χ1v) is 15.0. The van der Waals surface area contributed by atoms with E-state index in [1.807, 2.05) is 24.3 Å². The lowest BCUT2D eigenvalue weighted by molar-refractivity contribution is 1.74. The Hall–Kier alpha value is -1.82. The van der Waals surface area contributed by atoms with Crippen molar-refractivity contribution in [2.75, 3.05) is 0 Å². The zero-order valence-corrected chi connectivity index (χ0v) is 19.2. The molecule has 4 aromatic carbocycles. The van der Waals surface area contributed by atoms with Gasteiger partial charge < -0.3 is 0 Å². The Labute approximate surface area is 183 Å². The Morgan fingerprint density at radius 1 is 0.379 bits per heavy atom. The third-order valence-electron chi connectivity index (χ3n) is 4.76. The van der Waals surface area contributed by atoms with E-state index in [1.165, 1.54) is 0 Å². The van der Waals surface area contributed by atoms with Crippen LogP contribution in [0.5, 0.6) is 0 Å². The molecule has 0 aliphatic heterocycles. The van der Waals surface area contributed by atoms with Gasteiger partial charge in [-0.05, 0) is 21.2 Å². The summed E-state index contributed by atoms with van der Waals surface area (Å²) in [6.45, 7) is 0. The molecule has 0 N–H and O–H groups in total. The highest BCUT2D eigenvalue weighted by Crippen LogP contribution is 2.63. The molecule has 142 valence electrons. The summed E-state index contributed by atoms with van der Waals surface area (Å²) in [6, 6.07) is 36.8. The number of rotatable bonds is 6. The maximum Gasteiger partial charge on any atom is 0.0786 e. The molecule has 0 aromatic heterocycles. The molecule has 0 nitrogen and oxygen atoms in total. The standard InChI is InChI=1S/C25H20P2S2/c28-26(22-13-5-1-6-14-22,23-15-7-2-8-16-23)21-27(29,24-17-9-3-10-18-24)25-19-11-4-12-20-25/h1-20H. The van der Waals surface area contributed by atoms with E-state index in [0.29, 0.717) is 0 Å². The summed E-state index contributed by atoms with van der Waals surface area (Å²) in [6.07, 6.45) is 0. The van der Waals surface area contributed by atoms with E-state index in [2.05, 4.69) is 103 Å². The lowest BCUT2D eigenvalue weighted by Crippen LogP contribution is -2.22. The van der Waals surface area contributed by atoms with Gasteiger partial charge in [-0.3, -0.25) is 0 Å². The molecule has 0 bridgehead atoms. The fourth-order valence-corrected chi connectivity index (χ4v) is 13.8. The van der Waals surface area contributed by atoms with Gasteiger partial charge in [-0.2, -0.15) is 0 Å². The molecule has 0 unspecified atom stereocenters. The van der Waals surface area contributed by atoms with Crippen LogP contribution in [0.25, 0.3) is 0 Å². The molecule has 0 saturated carbocycles. The predicted molar refractivity (Wildman–Crippen MR) is 136 cm³/mol. The largest absolute Gasteiger partial charge is 0.0865 e. The smallest absolute Gasteiger partial charge is 0.0786 e. The zero-order valence-electron chi connectivity index (χ0n) is 15.8. The third kappa shape index (κ3) is 4.23. The van der Waals surface area contributed by atoms with Crippen LogP contribution in [-0.2, 0) is 23.6 Å². The van der Waals surface area contributed by atoms with Crippen LogP contribution >= 0.6 is 12.1 Å². The van der Waals surface area contributed by atoms with Crippen LogP contribution in [0.3, 0.4) is 0 Å². The highest BCUT2D eigenvalue weighted by molar-refractivity contribution is 8.33. The molecule has 0 saturated heterocycles. The van der Waals surface area contributed by atoms with Crippen molar-refractivity contribution in [1.29, 1.82) is 0 Å². The summed E-state index contributed by atoms with van der Waals surface area (Å²) in [5.41, 5.74) is 0. The molecule has 0 atom stereocenters. The quantitative estimate of drug-likeness (QED) is 0.372.